The third kappa shape index (κ3) is 5.22. The van der Waals surface area contributed by atoms with Crippen LogP contribution in [0.15, 0.2) is 66.1 Å². The highest BCUT2D eigenvalue weighted by atomic mass is 35.5. The average Bonchev–Trinajstić information content (AvgIpc) is 2.69. The Kier molecular flexibility index (Phi) is 7.80. The van der Waals surface area contributed by atoms with E-state index in [-0.39, 0.29) is 23.9 Å². The normalized spacial score (nSPS) is 11.4. The van der Waals surface area contributed by atoms with Crippen molar-refractivity contribution in [1.82, 2.24) is 9.21 Å². The van der Waals surface area contributed by atoms with Crippen LogP contribution < -0.4 is 0 Å². The van der Waals surface area contributed by atoms with E-state index < -0.39 is 10.0 Å². The molecule has 0 heterocycles. The third-order valence-electron chi connectivity index (χ3n) is 4.39. The van der Waals surface area contributed by atoms with Crippen LogP contribution in [0.5, 0.6) is 0 Å². The predicted octanol–water partition coefficient (Wildman–Crippen LogP) is 4.20. The molecule has 0 fully saturated rings. The van der Waals surface area contributed by atoms with Crippen LogP contribution in [0.4, 0.5) is 0 Å². The molecule has 0 aromatic heterocycles. The van der Waals surface area contributed by atoms with Gasteiger partial charge in [0.1, 0.15) is 0 Å². The Labute approximate surface area is 172 Å². The number of halogens is 1. The van der Waals surface area contributed by atoms with Crippen molar-refractivity contribution >= 4 is 27.5 Å². The Morgan fingerprint density at radius 3 is 2.11 bits per heavy atom. The number of carbonyl (C=O) groups is 1. The molecule has 0 aliphatic rings. The number of benzene rings is 2. The van der Waals surface area contributed by atoms with Gasteiger partial charge in [-0.25, -0.2) is 8.42 Å². The number of sulfonamides is 1. The molecule has 0 unspecified atom stereocenters. The Bertz CT molecular complexity index is 906. The van der Waals surface area contributed by atoms with Crippen molar-refractivity contribution in [3.63, 3.8) is 0 Å². The lowest BCUT2D eigenvalue weighted by Gasteiger charge is -2.21. The summed E-state index contributed by atoms with van der Waals surface area (Å²) in [6, 6.07) is 13.1. The predicted molar refractivity (Wildman–Crippen MR) is 113 cm³/mol. The highest BCUT2D eigenvalue weighted by Crippen LogP contribution is 2.21. The van der Waals surface area contributed by atoms with E-state index in [1.165, 1.54) is 16.4 Å². The summed E-state index contributed by atoms with van der Waals surface area (Å²) in [7, 11) is -3.70. The Morgan fingerprint density at radius 2 is 1.61 bits per heavy atom. The third-order valence-corrected chi connectivity index (χ3v) is 6.47. The Morgan fingerprint density at radius 1 is 1.04 bits per heavy atom. The van der Waals surface area contributed by atoms with Crippen molar-refractivity contribution in [3.05, 3.63) is 77.3 Å². The molecule has 0 spiro atoms. The summed E-state index contributed by atoms with van der Waals surface area (Å²) in [5, 5.41) is 0.475. The minimum absolute atomic E-state index is 0.0340. The van der Waals surface area contributed by atoms with Crippen LogP contribution in [0.25, 0.3) is 0 Å². The van der Waals surface area contributed by atoms with Crippen molar-refractivity contribution in [2.75, 3.05) is 19.6 Å². The van der Waals surface area contributed by atoms with E-state index in [0.29, 0.717) is 23.7 Å². The minimum Gasteiger partial charge on any atom is -0.339 e. The first-order valence-corrected chi connectivity index (χ1v) is 10.9. The largest absolute Gasteiger partial charge is 0.339 e. The quantitative estimate of drug-likeness (QED) is 0.571. The number of hydrogen-bond acceptors (Lipinski definition) is 3. The maximum atomic E-state index is 13.0. The maximum Gasteiger partial charge on any atom is 0.253 e. The second-order valence-corrected chi connectivity index (χ2v) is 8.59. The molecule has 28 heavy (non-hydrogen) atoms. The highest BCUT2D eigenvalue weighted by molar-refractivity contribution is 7.89. The molecule has 0 radical (unpaired) electrons. The summed E-state index contributed by atoms with van der Waals surface area (Å²) in [6.45, 7) is 9.17. The number of amides is 1. The van der Waals surface area contributed by atoms with Crippen LogP contribution in [-0.2, 0) is 16.6 Å². The average molecular weight is 421 g/mol. The number of carbonyl (C=O) groups excluding carboxylic acids is 1. The van der Waals surface area contributed by atoms with E-state index in [1.807, 2.05) is 13.8 Å². The molecule has 2 aromatic rings. The first-order chi connectivity index (χ1) is 13.3. The summed E-state index contributed by atoms with van der Waals surface area (Å²) in [4.78, 5) is 14.3. The van der Waals surface area contributed by atoms with Crippen LogP contribution in [-0.4, -0.2) is 43.2 Å². The monoisotopic (exact) mass is 420 g/mol. The molecule has 0 bridgehead atoms. The SMILES string of the molecule is C=CCN(Cc1ccc(C(=O)N(CC)CC)cc1)S(=O)(=O)c1ccc(Cl)cc1. The van der Waals surface area contributed by atoms with Crippen LogP contribution >= 0.6 is 11.6 Å². The minimum atomic E-state index is -3.70. The van der Waals surface area contributed by atoms with Gasteiger partial charge in [0.05, 0.1) is 4.90 Å². The van der Waals surface area contributed by atoms with Crippen molar-refractivity contribution in [2.45, 2.75) is 25.3 Å². The molecule has 0 aliphatic carbocycles. The van der Waals surface area contributed by atoms with Gasteiger partial charge >= 0.3 is 0 Å². The number of rotatable bonds is 9. The first-order valence-electron chi connectivity index (χ1n) is 9.08. The van der Waals surface area contributed by atoms with Gasteiger partial charge in [-0.1, -0.05) is 29.8 Å². The Hall–Kier alpha value is -2.15. The highest BCUT2D eigenvalue weighted by Gasteiger charge is 2.24. The molecule has 7 heteroatoms. The lowest BCUT2D eigenvalue weighted by molar-refractivity contribution is 0.0773. The lowest BCUT2D eigenvalue weighted by atomic mass is 10.1. The summed E-state index contributed by atoms with van der Waals surface area (Å²) in [5.74, 6) is -0.0340. The zero-order chi connectivity index (χ0) is 20.7. The fourth-order valence-electron chi connectivity index (χ4n) is 2.80. The maximum absolute atomic E-state index is 13.0. The molecule has 2 aromatic carbocycles. The zero-order valence-corrected chi connectivity index (χ0v) is 17.7. The molecular weight excluding hydrogens is 396 g/mol. The fraction of sp³-hybridized carbons (Fsp3) is 0.286. The molecule has 0 saturated heterocycles. The topological polar surface area (TPSA) is 57.7 Å². The van der Waals surface area contributed by atoms with Gasteiger partial charge in [-0.3, -0.25) is 4.79 Å². The van der Waals surface area contributed by atoms with E-state index in [9.17, 15) is 13.2 Å². The van der Waals surface area contributed by atoms with Gasteiger partial charge in [-0.05, 0) is 55.8 Å². The van der Waals surface area contributed by atoms with Gasteiger partial charge in [-0.15, -0.1) is 6.58 Å². The van der Waals surface area contributed by atoms with Gasteiger partial charge in [0.15, 0.2) is 0 Å². The van der Waals surface area contributed by atoms with Crippen LogP contribution in [0, 0.1) is 0 Å². The van der Waals surface area contributed by atoms with Gasteiger partial charge in [-0.2, -0.15) is 4.31 Å². The fourth-order valence-corrected chi connectivity index (χ4v) is 4.32. The first kappa shape index (κ1) is 22.1. The van der Waals surface area contributed by atoms with Crippen molar-refractivity contribution < 1.29 is 13.2 Å². The molecule has 0 N–H and O–H groups in total. The van der Waals surface area contributed by atoms with E-state index >= 15 is 0 Å². The van der Waals surface area contributed by atoms with Gasteiger partial charge < -0.3 is 4.90 Å². The molecular formula is C21H25ClN2O3S. The van der Waals surface area contributed by atoms with Crippen molar-refractivity contribution in [2.24, 2.45) is 0 Å². The van der Waals surface area contributed by atoms with E-state index in [0.717, 1.165) is 5.56 Å². The second-order valence-electron chi connectivity index (χ2n) is 6.21. The van der Waals surface area contributed by atoms with Gasteiger partial charge in [0, 0.05) is 36.8 Å². The summed E-state index contributed by atoms with van der Waals surface area (Å²) < 4.78 is 27.2. The molecule has 2 rings (SSSR count). The molecule has 5 nitrogen and oxygen atoms in total. The zero-order valence-electron chi connectivity index (χ0n) is 16.1. The number of nitrogens with zero attached hydrogens (tertiary/aromatic N) is 2. The van der Waals surface area contributed by atoms with E-state index in [1.54, 1.807) is 47.4 Å². The van der Waals surface area contributed by atoms with Crippen LogP contribution in [0.1, 0.15) is 29.8 Å². The molecule has 0 saturated carbocycles. The van der Waals surface area contributed by atoms with Crippen LogP contribution in [0.2, 0.25) is 5.02 Å². The lowest BCUT2D eigenvalue weighted by Crippen LogP contribution is -2.31. The van der Waals surface area contributed by atoms with E-state index in [2.05, 4.69) is 6.58 Å². The summed E-state index contributed by atoms with van der Waals surface area (Å²) in [6.07, 6.45) is 1.55. The molecule has 0 aliphatic heterocycles. The van der Waals surface area contributed by atoms with Gasteiger partial charge in [0.25, 0.3) is 5.91 Å². The van der Waals surface area contributed by atoms with Crippen LogP contribution in [0.3, 0.4) is 0 Å². The summed E-state index contributed by atoms with van der Waals surface area (Å²) in [5.41, 5.74) is 1.37. The summed E-state index contributed by atoms with van der Waals surface area (Å²) >= 11 is 5.86. The van der Waals surface area contributed by atoms with Crippen molar-refractivity contribution in [1.29, 1.82) is 0 Å². The molecule has 1 amide bonds. The standard InChI is InChI=1S/C21H25ClN2O3S/c1-4-15-24(28(26,27)20-13-11-19(22)12-14-20)16-17-7-9-18(10-8-17)21(25)23(5-2)6-3/h4,7-14H,1,5-6,15-16H2,2-3H3. The van der Waals surface area contributed by atoms with Crippen molar-refractivity contribution in [3.8, 4) is 0 Å². The molecule has 0 atom stereocenters. The van der Waals surface area contributed by atoms with Gasteiger partial charge in [0.2, 0.25) is 10.0 Å². The second kappa shape index (κ2) is 9.87. The molecule has 150 valence electrons. The Balaban J connectivity index is 2.23. The van der Waals surface area contributed by atoms with E-state index in [4.69, 9.17) is 11.6 Å². The smallest absolute Gasteiger partial charge is 0.253 e. The number of hydrogen-bond donors (Lipinski definition) is 0.